The van der Waals surface area contributed by atoms with E-state index in [-0.39, 0.29) is 5.95 Å². The van der Waals surface area contributed by atoms with Crippen LogP contribution in [0.1, 0.15) is 26.7 Å². The van der Waals surface area contributed by atoms with Gasteiger partial charge < -0.3 is 20.3 Å². The molecule has 0 radical (unpaired) electrons. The van der Waals surface area contributed by atoms with Gasteiger partial charge in [-0.25, -0.2) is 0 Å². The van der Waals surface area contributed by atoms with Crippen LogP contribution < -0.4 is 15.4 Å². The fraction of sp³-hybridized carbons (Fsp3) is 0.769. The lowest BCUT2D eigenvalue weighted by atomic mass is 10.5. The first-order valence-corrected chi connectivity index (χ1v) is 7.23. The molecule has 1 aromatic rings. The van der Waals surface area contributed by atoms with E-state index in [0.717, 1.165) is 25.7 Å². The van der Waals surface area contributed by atoms with E-state index >= 15 is 0 Å². The molecule has 0 unspecified atom stereocenters. The Labute approximate surface area is 120 Å². The second kappa shape index (κ2) is 6.69. The van der Waals surface area contributed by atoms with E-state index in [1.807, 2.05) is 4.90 Å². The summed E-state index contributed by atoms with van der Waals surface area (Å²) in [5.41, 5.74) is 5.72. The summed E-state index contributed by atoms with van der Waals surface area (Å²) >= 11 is 0. The standard InChI is InChI=1S/C13H24N6O/c1-4-19(5-2)12-15-11(14)16-13(17-12)20-9-8-18(3)10-6-7-10/h10H,4-9H2,1-3H3,(H2,14,15,16,17). The first-order chi connectivity index (χ1) is 9.63. The van der Waals surface area contributed by atoms with E-state index in [2.05, 4.69) is 40.7 Å². The molecule has 0 saturated heterocycles. The van der Waals surface area contributed by atoms with Gasteiger partial charge in [-0.1, -0.05) is 0 Å². The number of nitrogens with zero attached hydrogens (tertiary/aromatic N) is 5. The second-order valence-electron chi connectivity index (χ2n) is 5.01. The van der Waals surface area contributed by atoms with Crippen molar-refractivity contribution in [2.24, 2.45) is 0 Å². The summed E-state index contributed by atoms with van der Waals surface area (Å²) in [7, 11) is 2.12. The first kappa shape index (κ1) is 14.8. The maximum atomic E-state index is 5.72. The van der Waals surface area contributed by atoms with Gasteiger partial charge in [0.1, 0.15) is 6.61 Å². The van der Waals surface area contributed by atoms with Gasteiger partial charge in [0.05, 0.1) is 0 Å². The Kier molecular flexibility index (Phi) is 4.94. The van der Waals surface area contributed by atoms with Crippen molar-refractivity contribution in [1.82, 2.24) is 19.9 Å². The van der Waals surface area contributed by atoms with Crippen LogP contribution in [-0.2, 0) is 0 Å². The predicted molar refractivity (Wildman–Crippen MR) is 78.9 cm³/mol. The van der Waals surface area contributed by atoms with Crippen LogP contribution in [0.4, 0.5) is 11.9 Å². The summed E-state index contributed by atoms with van der Waals surface area (Å²) in [4.78, 5) is 16.8. The summed E-state index contributed by atoms with van der Waals surface area (Å²) in [5.74, 6) is 0.778. The van der Waals surface area contributed by atoms with Gasteiger partial charge in [0.25, 0.3) is 0 Å². The van der Waals surface area contributed by atoms with E-state index in [1.54, 1.807) is 0 Å². The van der Waals surface area contributed by atoms with Gasteiger partial charge in [0.15, 0.2) is 0 Å². The molecular formula is C13H24N6O. The maximum Gasteiger partial charge on any atom is 0.323 e. The van der Waals surface area contributed by atoms with Crippen molar-refractivity contribution in [1.29, 1.82) is 0 Å². The molecule has 1 heterocycles. The van der Waals surface area contributed by atoms with E-state index in [0.29, 0.717) is 18.6 Å². The average Bonchev–Trinajstić information content (AvgIpc) is 3.24. The quantitative estimate of drug-likeness (QED) is 0.753. The zero-order valence-corrected chi connectivity index (χ0v) is 12.5. The minimum atomic E-state index is 0.201. The monoisotopic (exact) mass is 280 g/mol. The largest absolute Gasteiger partial charge is 0.462 e. The van der Waals surface area contributed by atoms with Crippen molar-refractivity contribution in [3.8, 4) is 6.01 Å². The van der Waals surface area contributed by atoms with Crippen molar-refractivity contribution in [3.05, 3.63) is 0 Å². The molecule has 2 rings (SSSR count). The van der Waals surface area contributed by atoms with E-state index in [1.165, 1.54) is 12.8 Å². The normalized spacial score (nSPS) is 14.6. The highest BCUT2D eigenvalue weighted by Crippen LogP contribution is 2.24. The number of aromatic nitrogens is 3. The molecular weight excluding hydrogens is 256 g/mol. The second-order valence-corrected chi connectivity index (χ2v) is 5.01. The lowest BCUT2D eigenvalue weighted by Gasteiger charge is -2.19. The van der Waals surface area contributed by atoms with Crippen molar-refractivity contribution < 1.29 is 4.74 Å². The van der Waals surface area contributed by atoms with E-state index in [9.17, 15) is 0 Å². The molecule has 7 heteroatoms. The molecule has 7 nitrogen and oxygen atoms in total. The van der Waals surface area contributed by atoms with Gasteiger partial charge >= 0.3 is 6.01 Å². The Bertz CT molecular complexity index is 433. The fourth-order valence-corrected chi connectivity index (χ4v) is 2.05. The molecule has 0 aromatic carbocycles. The molecule has 0 spiro atoms. The molecule has 0 atom stereocenters. The van der Waals surface area contributed by atoms with Gasteiger partial charge in [0.2, 0.25) is 11.9 Å². The number of nitrogen functional groups attached to an aromatic ring is 1. The highest BCUT2D eigenvalue weighted by Gasteiger charge is 2.25. The third-order valence-corrected chi connectivity index (χ3v) is 3.51. The molecule has 20 heavy (non-hydrogen) atoms. The molecule has 2 N–H and O–H groups in total. The van der Waals surface area contributed by atoms with Crippen molar-refractivity contribution in [2.75, 3.05) is 43.9 Å². The highest BCUT2D eigenvalue weighted by atomic mass is 16.5. The molecule has 1 aromatic heterocycles. The van der Waals surface area contributed by atoms with Gasteiger partial charge in [-0.2, -0.15) is 15.0 Å². The molecule has 1 saturated carbocycles. The molecule has 0 bridgehead atoms. The SMILES string of the molecule is CCN(CC)c1nc(N)nc(OCCN(C)C2CC2)n1. The molecule has 0 aliphatic heterocycles. The number of hydrogen-bond acceptors (Lipinski definition) is 7. The Hall–Kier alpha value is -1.63. The van der Waals surface area contributed by atoms with E-state index < -0.39 is 0 Å². The Morgan fingerprint density at radius 3 is 2.50 bits per heavy atom. The Morgan fingerprint density at radius 1 is 1.20 bits per heavy atom. The molecule has 1 fully saturated rings. The minimum absolute atomic E-state index is 0.201. The zero-order valence-electron chi connectivity index (χ0n) is 12.5. The predicted octanol–water partition coefficient (Wildman–Crippen LogP) is 0.773. The number of rotatable bonds is 8. The van der Waals surface area contributed by atoms with E-state index in [4.69, 9.17) is 10.5 Å². The van der Waals surface area contributed by atoms with Gasteiger partial charge in [-0.3, -0.25) is 0 Å². The van der Waals surface area contributed by atoms with Crippen molar-refractivity contribution in [2.45, 2.75) is 32.7 Å². The van der Waals surface area contributed by atoms with Gasteiger partial charge in [-0.05, 0) is 33.7 Å². The Balaban J connectivity index is 1.92. The van der Waals surface area contributed by atoms with Crippen LogP contribution in [0.15, 0.2) is 0 Å². The zero-order chi connectivity index (χ0) is 14.5. The number of anilines is 2. The number of likely N-dealkylation sites (N-methyl/N-ethyl adjacent to an activating group) is 1. The van der Waals surface area contributed by atoms with Crippen LogP contribution in [0, 0.1) is 0 Å². The summed E-state index contributed by atoms with van der Waals surface area (Å²) < 4.78 is 5.60. The first-order valence-electron chi connectivity index (χ1n) is 7.23. The number of nitrogens with two attached hydrogens (primary N) is 1. The molecule has 1 aliphatic carbocycles. The van der Waals surface area contributed by atoms with Gasteiger partial charge in [-0.15, -0.1) is 0 Å². The molecule has 0 amide bonds. The third kappa shape index (κ3) is 3.93. The van der Waals surface area contributed by atoms with Crippen LogP contribution in [0.5, 0.6) is 6.01 Å². The summed E-state index contributed by atoms with van der Waals surface area (Å²) in [6.45, 7) is 7.18. The summed E-state index contributed by atoms with van der Waals surface area (Å²) in [5, 5.41) is 0. The summed E-state index contributed by atoms with van der Waals surface area (Å²) in [6.07, 6.45) is 2.59. The van der Waals surface area contributed by atoms with Crippen LogP contribution >= 0.6 is 0 Å². The van der Waals surface area contributed by atoms with Crippen LogP contribution in [0.25, 0.3) is 0 Å². The third-order valence-electron chi connectivity index (χ3n) is 3.51. The topological polar surface area (TPSA) is 80.4 Å². The lowest BCUT2D eigenvalue weighted by molar-refractivity contribution is 0.220. The Morgan fingerprint density at radius 2 is 1.90 bits per heavy atom. The van der Waals surface area contributed by atoms with Crippen LogP contribution in [0.2, 0.25) is 0 Å². The van der Waals surface area contributed by atoms with Crippen molar-refractivity contribution in [3.63, 3.8) is 0 Å². The average molecular weight is 280 g/mol. The molecule has 1 aliphatic rings. The number of ether oxygens (including phenoxy) is 1. The maximum absolute atomic E-state index is 5.72. The fourth-order valence-electron chi connectivity index (χ4n) is 2.05. The van der Waals surface area contributed by atoms with Crippen LogP contribution in [0.3, 0.4) is 0 Å². The lowest BCUT2D eigenvalue weighted by Crippen LogP contribution is -2.27. The molecule has 112 valence electrons. The van der Waals surface area contributed by atoms with Gasteiger partial charge in [0, 0.05) is 25.7 Å². The summed E-state index contributed by atoms with van der Waals surface area (Å²) in [6, 6.07) is 1.04. The number of hydrogen-bond donors (Lipinski definition) is 1. The smallest absolute Gasteiger partial charge is 0.323 e. The van der Waals surface area contributed by atoms with Crippen molar-refractivity contribution >= 4 is 11.9 Å². The highest BCUT2D eigenvalue weighted by molar-refractivity contribution is 5.35. The minimum Gasteiger partial charge on any atom is -0.462 e. The van der Waals surface area contributed by atoms with Crippen LogP contribution in [-0.4, -0.2) is 59.2 Å².